The van der Waals surface area contributed by atoms with E-state index in [1.54, 1.807) is 12.3 Å². The number of hydrogen-bond donors (Lipinski definition) is 2. The molecule has 0 atom stereocenters. The summed E-state index contributed by atoms with van der Waals surface area (Å²) < 4.78 is 0. The highest BCUT2D eigenvalue weighted by molar-refractivity contribution is 6.30. The van der Waals surface area contributed by atoms with Gasteiger partial charge in [0.2, 0.25) is 0 Å². The molecule has 1 heterocycles. The summed E-state index contributed by atoms with van der Waals surface area (Å²) >= 11 is 5.75. The van der Waals surface area contributed by atoms with Crippen LogP contribution in [0.3, 0.4) is 0 Å². The van der Waals surface area contributed by atoms with E-state index in [0.29, 0.717) is 16.8 Å². The van der Waals surface area contributed by atoms with E-state index in [1.807, 2.05) is 0 Å². The number of hydrogen-bond acceptors (Lipinski definition) is 3. The van der Waals surface area contributed by atoms with Crippen molar-refractivity contribution in [2.45, 2.75) is 18.9 Å². The van der Waals surface area contributed by atoms with Crippen molar-refractivity contribution in [2.75, 3.05) is 11.1 Å². The number of pyridine rings is 1. The smallest absolute Gasteiger partial charge is 0.149 e. The molecule has 0 unspecified atom stereocenters. The van der Waals surface area contributed by atoms with Gasteiger partial charge in [0.25, 0.3) is 0 Å². The number of nitrogens with zero attached hydrogens (tertiary/aromatic N) is 1. The van der Waals surface area contributed by atoms with Gasteiger partial charge in [-0.1, -0.05) is 23.8 Å². The number of halogens is 1. The van der Waals surface area contributed by atoms with Gasteiger partial charge >= 0.3 is 0 Å². The maximum Gasteiger partial charge on any atom is 0.149 e. The van der Waals surface area contributed by atoms with Gasteiger partial charge in [-0.25, -0.2) is 4.98 Å². The zero-order valence-corrected chi connectivity index (χ0v) is 8.46. The molecule has 0 bridgehead atoms. The van der Waals surface area contributed by atoms with Crippen LogP contribution in [-0.4, -0.2) is 11.0 Å². The lowest BCUT2D eigenvalue weighted by molar-refractivity contribution is 0.781. The van der Waals surface area contributed by atoms with Crippen molar-refractivity contribution in [3.8, 4) is 0 Å². The van der Waals surface area contributed by atoms with Crippen molar-refractivity contribution in [3.63, 3.8) is 0 Å². The summed E-state index contributed by atoms with van der Waals surface area (Å²) in [5.74, 6) is 0.725. The fourth-order valence-corrected chi connectivity index (χ4v) is 1.67. The molecule has 3 N–H and O–H groups in total. The molecule has 1 aliphatic carbocycles. The van der Waals surface area contributed by atoms with Gasteiger partial charge in [0.1, 0.15) is 5.82 Å². The molecule has 2 rings (SSSR count). The Morgan fingerprint density at radius 1 is 1.43 bits per heavy atom. The van der Waals surface area contributed by atoms with Gasteiger partial charge in [-0.3, -0.25) is 0 Å². The van der Waals surface area contributed by atoms with Gasteiger partial charge in [-0.15, -0.1) is 0 Å². The molecule has 0 amide bonds. The summed E-state index contributed by atoms with van der Waals surface area (Å²) in [6.07, 6.45) is 7.98. The maximum absolute atomic E-state index is 5.77. The summed E-state index contributed by atoms with van der Waals surface area (Å²) in [6, 6.07) is 2.13. The van der Waals surface area contributed by atoms with Crippen LogP contribution in [0.5, 0.6) is 0 Å². The van der Waals surface area contributed by atoms with Crippen LogP contribution in [0.25, 0.3) is 0 Å². The second kappa shape index (κ2) is 3.88. The highest BCUT2D eigenvalue weighted by Crippen LogP contribution is 2.22. The van der Waals surface area contributed by atoms with Gasteiger partial charge in [0.05, 0.1) is 10.7 Å². The van der Waals surface area contributed by atoms with Crippen LogP contribution in [0.2, 0.25) is 5.02 Å². The first-order valence-corrected chi connectivity index (χ1v) is 4.96. The molecule has 1 aromatic rings. The first kappa shape index (κ1) is 9.34. The molecule has 1 aromatic heterocycles. The molecule has 0 saturated carbocycles. The van der Waals surface area contributed by atoms with E-state index in [2.05, 4.69) is 22.5 Å². The lowest BCUT2D eigenvalue weighted by atomic mass is 10.2. The molecule has 0 fully saturated rings. The fourth-order valence-electron chi connectivity index (χ4n) is 1.50. The monoisotopic (exact) mass is 209 g/mol. The molecule has 1 aliphatic rings. The largest absolute Gasteiger partial charge is 0.396 e. The van der Waals surface area contributed by atoms with E-state index in [1.165, 1.54) is 0 Å². The molecule has 0 radical (unpaired) electrons. The number of nitrogen functional groups attached to an aromatic ring is 1. The average Bonchev–Trinajstić information content (AvgIpc) is 2.62. The number of aromatic nitrogens is 1. The molecule has 0 aromatic carbocycles. The van der Waals surface area contributed by atoms with Gasteiger partial charge in [0.15, 0.2) is 0 Å². The van der Waals surface area contributed by atoms with Crippen LogP contribution in [0.4, 0.5) is 11.5 Å². The third-order valence-electron chi connectivity index (χ3n) is 2.23. The van der Waals surface area contributed by atoms with Crippen LogP contribution in [0.15, 0.2) is 24.4 Å². The Labute approximate surface area is 88.0 Å². The SMILES string of the molecule is Nc1cc(Cl)cnc1NC1CC=CC1. The molecule has 4 heteroatoms. The van der Waals surface area contributed by atoms with Crippen molar-refractivity contribution in [1.29, 1.82) is 0 Å². The van der Waals surface area contributed by atoms with Crippen molar-refractivity contribution < 1.29 is 0 Å². The lowest BCUT2D eigenvalue weighted by Gasteiger charge is -2.14. The highest BCUT2D eigenvalue weighted by atomic mass is 35.5. The highest BCUT2D eigenvalue weighted by Gasteiger charge is 2.11. The van der Waals surface area contributed by atoms with Crippen molar-refractivity contribution in [1.82, 2.24) is 4.98 Å². The minimum Gasteiger partial charge on any atom is -0.396 e. The second-order valence-corrected chi connectivity index (χ2v) is 3.81. The fraction of sp³-hybridized carbons (Fsp3) is 0.300. The Balaban J connectivity index is 2.08. The quantitative estimate of drug-likeness (QED) is 0.736. The lowest BCUT2D eigenvalue weighted by Crippen LogP contribution is -2.17. The molecule has 0 saturated heterocycles. The first-order chi connectivity index (χ1) is 6.75. The predicted octanol–water partition coefficient (Wildman–Crippen LogP) is 2.45. The molecule has 14 heavy (non-hydrogen) atoms. The van der Waals surface area contributed by atoms with E-state index in [4.69, 9.17) is 17.3 Å². The molecule has 3 nitrogen and oxygen atoms in total. The van der Waals surface area contributed by atoms with Gasteiger partial charge in [0, 0.05) is 12.2 Å². The number of anilines is 2. The third-order valence-corrected chi connectivity index (χ3v) is 2.44. The van der Waals surface area contributed by atoms with Crippen LogP contribution in [-0.2, 0) is 0 Å². The molecule has 74 valence electrons. The van der Waals surface area contributed by atoms with E-state index in [9.17, 15) is 0 Å². The summed E-state index contributed by atoms with van der Waals surface area (Å²) in [5, 5.41) is 3.85. The molecule has 0 aliphatic heterocycles. The minimum absolute atomic E-state index is 0.422. The van der Waals surface area contributed by atoms with Gasteiger partial charge in [-0.2, -0.15) is 0 Å². The Morgan fingerprint density at radius 2 is 2.14 bits per heavy atom. The normalized spacial score (nSPS) is 16.1. The van der Waals surface area contributed by atoms with Crippen molar-refractivity contribution in [2.24, 2.45) is 0 Å². The predicted molar refractivity (Wildman–Crippen MR) is 59.4 cm³/mol. The van der Waals surface area contributed by atoms with Gasteiger partial charge < -0.3 is 11.1 Å². The Bertz CT molecular complexity index is 354. The van der Waals surface area contributed by atoms with E-state index in [-0.39, 0.29) is 0 Å². The number of nitrogens with two attached hydrogens (primary N) is 1. The maximum atomic E-state index is 5.77. The third kappa shape index (κ3) is 1.99. The van der Waals surface area contributed by atoms with Crippen molar-refractivity contribution >= 4 is 23.1 Å². The minimum atomic E-state index is 0.422. The van der Waals surface area contributed by atoms with Gasteiger partial charge in [-0.05, 0) is 18.9 Å². The van der Waals surface area contributed by atoms with E-state index >= 15 is 0 Å². The van der Waals surface area contributed by atoms with Crippen LogP contribution in [0, 0.1) is 0 Å². The van der Waals surface area contributed by atoms with E-state index < -0.39 is 0 Å². The van der Waals surface area contributed by atoms with Crippen LogP contribution >= 0.6 is 11.6 Å². The number of rotatable bonds is 2. The Hall–Kier alpha value is -1.22. The van der Waals surface area contributed by atoms with Crippen molar-refractivity contribution in [3.05, 3.63) is 29.4 Å². The first-order valence-electron chi connectivity index (χ1n) is 4.58. The molecular weight excluding hydrogens is 198 g/mol. The zero-order chi connectivity index (χ0) is 9.97. The molecular formula is C10H12ClN3. The zero-order valence-electron chi connectivity index (χ0n) is 7.70. The number of nitrogens with one attached hydrogen (secondary N) is 1. The standard InChI is InChI=1S/C10H12ClN3/c11-7-5-9(12)10(13-6-7)14-8-3-1-2-4-8/h1-2,5-6,8H,3-4,12H2,(H,13,14). The Kier molecular flexibility index (Phi) is 2.59. The summed E-state index contributed by atoms with van der Waals surface area (Å²) in [5.41, 5.74) is 6.37. The summed E-state index contributed by atoms with van der Waals surface area (Å²) in [7, 11) is 0. The van der Waals surface area contributed by atoms with Crippen LogP contribution in [0.1, 0.15) is 12.8 Å². The molecule has 0 spiro atoms. The Morgan fingerprint density at radius 3 is 2.79 bits per heavy atom. The summed E-state index contributed by atoms with van der Waals surface area (Å²) in [6.45, 7) is 0. The second-order valence-electron chi connectivity index (χ2n) is 3.38. The topological polar surface area (TPSA) is 50.9 Å². The van der Waals surface area contributed by atoms with Crippen LogP contribution < -0.4 is 11.1 Å². The van der Waals surface area contributed by atoms with E-state index in [0.717, 1.165) is 18.7 Å². The average molecular weight is 210 g/mol. The summed E-state index contributed by atoms with van der Waals surface area (Å²) in [4.78, 5) is 4.15.